The molecule has 0 heterocycles. The summed E-state index contributed by atoms with van der Waals surface area (Å²) in [5.41, 5.74) is 3.37. The van der Waals surface area contributed by atoms with Gasteiger partial charge in [-0.2, -0.15) is 0 Å². The van der Waals surface area contributed by atoms with Crippen LogP contribution in [0.25, 0.3) is 0 Å². The maximum absolute atomic E-state index is 12.4. The molecule has 2 aromatic rings. The molecule has 180 valence electrons. The number of carbonyl (C=O) groups is 1. The summed E-state index contributed by atoms with van der Waals surface area (Å²) in [6.07, 6.45) is 6.79. The second-order valence-corrected chi connectivity index (χ2v) is 11.2. The normalized spacial score (nSPS) is 19.4. The monoisotopic (exact) mass is 471 g/mol. The Kier molecular flexibility index (Phi) is 9.10. The molecule has 0 aliphatic heterocycles. The third-order valence-electron chi connectivity index (χ3n) is 6.62. The molecule has 0 aromatic heterocycles. The van der Waals surface area contributed by atoms with Gasteiger partial charge >= 0.3 is 0 Å². The van der Waals surface area contributed by atoms with Gasteiger partial charge in [0.25, 0.3) is 0 Å². The molecule has 0 amide bonds. The summed E-state index contributed by atoms with van der Waals surface area (Å²) in [7, 11) is -3.20. The van der Waals surface area contributed by atoms with Crippen LogP contribution in [-0.2, 0) is 10.0 Å². The van der Waals surface area contributed by atoms with Crippen LogP contribution in [0.5, 0.6) is 5.75 Å². The Hall–Kier alpha value is -2.18. The first-order valence-electron chi connectivity index (χ1n) is 12.1. The van der Waals surface area contributed by atoms with E-state index in [1.54, 1.807) is 0 Å². The molecule has 1 fully saturated rings. The highest BCUT2D eigenvalue weighted by Crippen LogP contribution is 2.42. The summed E-state index contributed by atoms with van der Waals surface area (Å²) >= 11 is 0. The third-order valence-corrected chi connectivity index (χ3v) is 7.34. The number of hydrogen-bond acceptors (Lipinski definition) is 4. The van der Waals surface area contributed by atoms with E-state index in [0.717, 1.165) is 12.0 Å². The average molecular weight is 472 g/mol. The van der Waals surface area contributed by atoms with E-state index < -0.39 is 10.0 Å². The molecule has 0 spiro atoms. The molecule has 0 bridgehead atoms. The van der Waals surface area contributed by atoms with Crippen molar-refractivity contribution in [2.75, 3.05) is 19.4 Å². The van der Waals surface area contributed by atoms with Crippen molar-refractivity contribution < 1.29 is 17.9 Å². The Morgan fingerprint density at radius 3 is 2.61 bits per heavy atom. The predicted octanol–water partition coefficient (Wildman–Crippen LogP) is 5.67. The Morgan fingerprint density at radius 2 is 1.91 bits per heavy atom. The average Bonchev–Trinajstić information content (AvgIpc) is 3.25. The lowest BCUT2D eigenvalue weighted by Crippen LogP contribution is -2.23. The Morgan fingerprint density at radius 1 is 1.15 bits per heavy atom. The molecular weight excluding hydrogens is 434 g/mol. The van der Waals surface area contributed by atoms with Crippen molar-refractivity contribution in [3.8, 4) is 5.75 Å². The largest absolute Gasteiger partial charge is 0.494 e. The minimum atomic E-state index is -3.20. The van der Waals surface area contributed by atoms with Crippen LogP contribution in [0.15, 0.2) is 48.5 Å². The fourth-order valence-corrected chi connectivity index (χ4v) is 5.41. The van der Waals surface area contributed by atoms with Crippen molar-refractivity contribution in [1.82, 2.24) is 4.72 Å². The van der Waals surface area contributed by atoms with Crippen molar-refractivity contribution in [2.45, 2.75) is 64.2 Å². The van der Waals surface area contributed by atoms with Gasteiger partial charge in [-0.1, -0.05) is 43.3 Å². The zero-order valence-corrected chi connectivity index (χ0v) is 20.9. The van der Waals surface area contributed by atoms with Gasteiger partial charge in [0.15, 0.2) is 5.78 Å². The van der Waals surface area contributed by atoms with Crippen molar-refractivity contribution in [3.63, 3.8) is 0 Å². The van der Waals surface area contributed by atoms with E-state index in [1.165, 1.54) is 36.8 Å². The van der Waals surface area contributed by atoms with Crippen molar-refractivity contribution in [3.05, 3.63) is 65.2 Å². The quantitative estimate of drug-likeness (QED) is 0.319. The van der Waals surface area contributed by atoms with Gasteiger partial charge in [-0.15, -0.1) is 0 Å². The van der Waals surface area contributed by atoms with Gasteiger partial charge in [-0.25, -0.2) is 13.1 Å². The van der Waals surface area contributed by atoms with Crippen molar-refractivity contribution in [1.29, 1.82) is 0 Å². The van der Waals surface area contributed by atoms with Gasteiger partial charge in [-0.05, 0) is 80.0 Å². The summed E-state index contributed by atoms with van der Waals surface area (Å²) in [6, 6.07) is 16.5. The molecule has 0 saturated heterocycles. The highest BCUT2D eigenvalue weighted by atomic mass is 32.2. The first-order valence-corrected chi connectivity index (χ1v) is 13.9. The number of ether oxygens (including phenoxy) is 1. The standard InChI is InChI=1S/C27H37NO4S/c1-4-32-26-8-5-7-24(19-26)20(2)17-21-10-11-25(18-21)22-12-14-23(15-13-22)27(29)9-6-16-28-33(3,30)31/h5,7-8,12-15,19-21,25,28H,4,6,9-11,16-18H2,1-3H3/t20-,21+,25+/m0/s1. The zero-order valence-electron chi connectivity index (χ0n) is 20.0. The molecule has 6 heteroatoms. The second-order valence-electron chi connectivity index (χ2n) is 9.33. The van der Waals surface area contributed by atoms with Gasteiger partial charge < -0.3 is 4.74 Å². The van der Waals surface area contributed by atoms with E-state index in [0.29, 0.717) is 49.3 Å². The van der Waals surface area contributed by atoms with Crippen LogP contribution in [0.1, 0.15) is 85.7 Å². The molecule has 3 rings (SSSR count). The number of ketones is 1. The number of sulfonamides is 1. The van der Waals surface area contributed by atoms with Gasteiger partial charge in [0.05, 0.1) is 12.9 Å². The minimum absolute atomic E-state index is 0.0595. The summed E-state index contributed by atoms with van der Waals surface area (Å²) in [5.74, 6) is 2.78. The Balaban J connectivity index is 1.48. The number of rotatable bonds is 12. The van der Waals surface area contributed by atoms with Crippen LogP contribution >= 0.6 is 0 Å². The van der Waals surface area contributed by atoms with Crippen LogP contribution in [0.4, 0.5) is 0 Å². The summed E-state index contributed by atoms with van der Waals surface area (Å²) in [4.78, 5) is 12.4. The SMILES string of the molecule is CCOc1cccc([C@@H](C)C[C@H]2CC[C@@H](c3ccc(C(=O)CCCNS(C)(=O)=O)cc3)C2)c1. The van der Waals surface area contributed by atoms with Gasteiger partial charge in [-0.3, -0.25) is 4.79 Å². The molecule has 0 unspecified atom stereocenters. The maximum atomic E-state index is 12.4. The lowest BCUT2D eigenvalue weighted by Gasteiger charge is -2.18. The lowest BCUT2D eigenvalue weighted by atomic mass is 9.88. The van der Waals surface area contributed by atoms with E-state index >= 15 is 0 Å². The fraction of sp³-hybridized carbons (Fsp3) is 0.519. The van der Waals surface area contributed by atoms with Crippen LogP contribution in [0, 0.1) is 5.92 Å². The Labute approximate surface area is 199 Å². The molecule has 2 aromatic carbocycles. The summed E-state index contributed by atoms with van der Waals surface area (Å²) < 4.78 is 30.3. The van der Waals surface area contributed by atoms with Crippen molar-refractivity contribution >= 4 is 15.8 Å². The minimum Gasteiger partial charge on any atom is -0.494 e. The predicted molar refractivity (Wildman–Crippen MR) is 134 cm³/mol. The maximum Gasteiger partial charge on any atom is 0.208 e. The topological polar surface area (TPSA) is 72.5 Å². The smallest absolute Gasteiger partial charge is 0.208 e. The molecule has 5 nitrogen and oxygen atoms in total. The van der Waals surface area contributed by atoms with Crippen LogP contribution < -0.4 is 9.46 Å². The first-order chi connectivity index (χ1) is 15.7. The molecule has 1 N–H and O–H groups in total. The first kappa shape index (κ1) is 25.4. The number of benzene rings is 2. The van der Waals surface area contributed by atoms with Crippen LogP contribution in [-0.4, -0.2) is 33.6 Å². The number of Topliss-reactive ketones (excluding diaryl/α,β-unsaturated/α-hetero) is 1. The van der Waals surface area contributed by atoms with Crippen molar-refractivity contribution in [2.24, 2.45) is 5.92 Å². The van der Waals surface area contributed by atoms with E-state index in [9.17, 15) is 13.2 Å². The highest BCUT2D eigenvalue weighted by molar-refractivity contribution is 7.88. The highest BCUT2D eigenvalue weighted by Gasteiger charge is 2.27. The molecule has 1 aliphatic rings. The van der Waals surface area contributed by atoms with E-state index in [4.69, 9.17) is 4.74 Å². The summed E-state index contributed by atoms with van der Waals surface area (Å²) in [5, 5.41) is 0. The second kappa shape index (κ2) is 11.8. The summed E-state index contributed by atoms with van der Waals surface area (Å²) in [6.45, 7) is 5.30. The van der Waals surface area contributed by atoms with Gasteiger partial charge in [0.1, 0.15) is 5.75 Å². The molecular formula is C27H37NO4S. The third kappa shape index (κ3) is 7.97. The molecule has 0 radical (unpaired) electrons. The van der Waals surface area contributed by atoms with Crippen LogP contribution in [0.2, 0.25) is 0 Å². The van der Waals surface area contributed by atoms with Gasteiger partial charge in [0, 0.05) is 18.5 Å². The van der Waals surface area contributed by atoms with E-state index in [1.807, 2.05) is 25.1 Å². The molecule has 1 aliphatic carbocycles. The number of hydrogen-bond donors (Lipinski definition) is 1. The number of nitrogens with one attached hydrogen (secondary N) is 1. The Bertz CT molecular complexity index is 1020. The zero-order chi connectivity index (χ0) is 23.8. The fourth-order valence-electron chi connectivity index (χ4n) is 4.90. The molecule has 3 atom stereocenters. The number of carbonyl (C=O) groups excluding carboxylic acids is 1. The lowest BCUT2D eigenvalue weighted by molar-refractivity contribution is 0.0980. The van der Waals surface area contributed by atoms with E-state index in [-0.39, 0.29) is 5.78 Å². The van der Waals surface area contributed by atoms with Gasteiger partial charge in [0.2, 0.25) is 10.0 Å². The van der Waals surface area contributed by atoms with E-state index in [2.05, 4.69) is 42.0 Å². The van der Waals surface area contributed by atoms with Crippen LogP contribution in [0.3, 0.4) is 0 Å². The molecule has 1 saturated carbocycles. The molecule has 33 heavy (non-hydrogen) atoms.